The number of nitrogen functional groups attached to an aromatic ring is 1. The number of hydrogen-bond donors (Lipinski definition) is 1. The normalized spacial score (nSPS) is 18.0. The molecule has 2 aromatic carbocycles. The van der Waals surface area contributed by atoms with Crippen molar-refractivity contribution in [2.75, 3.05) is 23.7 Å². The smallest absolute Gasteiger partial charge is 0.138 e. The van der Waals surface area contributed by atoms with Gasteiger partial charge in [-0.15, -0.1) is 0 Å². The summed E-state index contributed by atoms with van der Waals surface area (Å²) >= 11 is 12.4. The van der Waals surface area contributed by atoms with Gasteiger partial charge in [-0.25, -0.2) is 0 Å². The van der Waals surface area contributed by atoms with E-state index in [-0.39, 0.29) is 6.10 Å². The van der Waals surface area contributed by atoms with Crippen molar-refractivity contribution >= 4 is 34.6 Å². The Morgan fingerprint density at radius 1 is 1.10 bits per heavy atom. The maximum Gasteiger partial charge on any atom is 0.138 e. The third-order valence-electron chi connectivity index (χ3n) is 3.59. The number of benzene rings is 2. The summed E-state index contributed by atoms with van der Waals surface area (Å²) < 4.78 is 5.98. The summed E-state index contributed by atoms with van der Waals surface area (Å²) in [5.41, 5.74) is 7.37. The molecule has 0 saturated carbocycles. The van der Waals surface area contributed by atoms with Gasteiger partial charge in [0, 0.05) is 18.7 Å². The van der Waals surface area contributed by atoms with Crippen molar-refractivity contribution in [1.29, 1.82) is 0 Å². The van der Waals surface area contributed by atoms with Crippen LogP contribution in [-0.4, -0.2) is 19.2 Å². The minimum atomic E-state index is 0.0994. The summed E-state index contributed by atoms with van der Waals surface area (Å²) in [4.78, 5) is 2.23. The zero-order valence-electron chi connectivity index (χ0n) is 11.4. The molecule has 1 saturated heterocycles. The Labute approximate surface area is 134 Å². The second kappa shape index (κ2) is 6.04. The topological polar surface area (TPSA) is 38.5 Å². The first-order valence-electron chi connectivity index (χ1n) is 6.84. The number of rotatable bonds is 3. The molecule has 0 amide bonds. The maximum absolute atomic E-state index is 6.24. The molecule has 3 nitrogen and oxygen atoms in total. The van der Waals surface area contributed by atoms with Crippen LogP contribution in [0.5, 0.6) is 5.75 Å². The van der Waals surface area contributed by atoms with Crippen molar-refractivity contribution in [3.8, 4) is 5.75 Å². The van der Waals surface area contributed by atoms with Crippen LogP contribution in [0, 0.1) is 0 Å². The van der Waals surface area contributed by atoms with E-state index in [1.54, 1.807) is 12.1 Å². The quantitative estimate of drug-likeness (QED) is 0.859. The number of nitrogens with two attached hydrogens (primary N) is 1. The highest BCUT2D eigenvalue weighted by Gasteiger charge is 2.25. The largest absolute Gasteiger partial charge is 0.487 e. The summed E-state index contributed by atoms with van der Waals surface area (Å²) in [6, 6.07) is 13.2. The SMILES string of the molecule is Nc1ccc(O[C@H]2CCN(c3ccccc3Cl)C2)c(Cl)c1. The Balaban J connectivity index is 1.69. The molecular weight excluding hydrogens is 307 g/mol. The van der Waals surface area contributed by atoms with Crippen LogP contribution in [0.2, 0.25) is 10.0 Å². The lowest BCUT2D eigenvalue weighted by Gasteiger charge is -2.20. The van der Waals surface area contributed by atoms with Crippen molar-refractivity contribution in [2.24, 2.45) is 0 Å². The van der Waals surface area contributed by atoms with Crippen molar-refractivity contribution in [3.63, 3.8) is 0 Å². The molecule has 1 aliphatic heterocycles. The Hall–Kier alpha value is -1.58. The number of halogens is 2. The first-order valence-corrected chi connectivity index (χ1v) is 7.60. The molecule has 110 valence electrons. The minimum absolute atomic E-state index is 0.0994. The Bertz CT molecular complexity index is 648. The monoisotopic (exact) mass is 322 g/mol. The third kappa shape index (κ3) is 3.20. The number of para-hydroxylation sites is 1. The first kappa shape index (κ1) is 14.4. The number of hydrogen-bond acceptors (Lipinski definition) is 3. The van der Waals surface area contributed by atoms with Crippen LogP contribution in [0.3, 0.4) is 0 Å². The second-order valence-electron chi connectivity index (χ2n) is 5.12. The first-order chi connectivity index (χ1) is 10.1. The fourth-order valence-electron chi connectivity index (χ4n) is 2.54. The molecule has 1 aliphatic rings. The Morgan fingerprint density at radius 2 is 1.90 bits per heavy atom. The van der Waals surface area contributed by atoms with E-state index in [0.717, 1.165) is 30.2 Å². The molecular formula is C16H16Cl2N2O. The van der Waals surface area contributed by atoms with Crippen LogP contribution in [0.15, 0.2) is 42.5 Å². The van der Waals surface area contributed by atoms with E-state index in [2.05, 4.69) is 4.90 Å². The molecule has 0 aliphatic carbocycles. The fraction of sp³-hybridized carbons (Fsp3) is 0.250. The molecule has 1 heterocycles. The third-order valence-corrected chi connectivity index (χ3v) is 4.20. The lowest BCUT2D eigenvalue weighted by molar-refractivity contribution is 0.225. The predicted octanol–water partition coefficient (Wildman–Crippen LogP) is 4.23. The molecule has 5 heteroatoms. The van der Waals surface area contributed by atoms with Crippen LogP contribution in [0.25, 0.3) is 0 Å². The highest BCUT2D eigenvalue weighted by atomic mass is 35.5. The van der Waals surface area contributed by atoms with E-state index in [9.17, 15) is 0 Å². The van der Waals surface area contributed by atoms with Crippen LogP contribution in [0.4, 0.5) is 11.4 Å². The van der Waals surface area contributed by atoms with Gasteiger partial charge in [0.15, 0.2) is 0 Å². The molecule has 2 N–H and O–H groups in total. The van der Waals surface area contributed by atoms with Gasteiger partial charge in [-0.1, -0.05) is 35.3 Å². The predicted molar refractivity (Wildman–Crippen MR) is 88.6 cm³/mol. The van der Waals surface area contributed by atoms with Gasteiger partial charge in [-0.3, -0.25) is 0 Å². The van der Waals surface area contributed by atoms with Crippen molar-refractivity contribution < 1.29 is 4.74 Å². The van der Waals surface area contributed by atoms with Gasteiger partial charge in [0.2, 0.25) is 0 Å². The molecule has 21 heavy (non-hydrogen) atoms. The number of nitrogens with zero attached hydrogens (tertiary/aromatic N) is 1. The highest BCUT2D eigenvalue weighted by molar-refractivity contribution is 6.33. The van der Waals surface area contributed by atoms with Gasteiger partial charge in [-0.2, -0.15) is 0 Å². The average Bonchev–Trinajstić information content (AvgIpc) is 2.91. The lowest BCUT2D eigenvalue weighted by Crippen LogP contribution is -2.24. The molecule has 0 radical (unpaired) electrons. The van der Waals surface area contributed by atoms with Gasteiger partial charge < -0.3 is 15.4 Å². The highest BCUT2D eigenvalue weighted by Crippen LogP contribution is 2.32. The summed E-state index contributed by atoms with van der Waals surface area (Å²) in [6.45, 7) is 1.71. The van der Waals surface area contributed by atoms with Crippen molar-refractivity contribution in [1.82, 2.24) is 0 Å². The van der Waals surface area contributed by atoms with E-state index in [0.29, 0.717) is 16.5 Å². The van der Waals surface area contributed by atoms with E-state index in [1.807, 2.05) is 30.3 Å². The molecule has 1 atom stereocenters. The molecule has 0 spiro atoms. The maximum atomic E-state index is 6.24. The van der Waals surface area contributed by atoms with Crippen LogP contribution >= 0.6 is 23.2 Å². The van der Waals surface area contributed by atoms with Gasteiger partial charge >= 0.3 is 0 Å². The van der Waals surface area contributed by atoms with E-state index >= 15 is 0 Å². The van der Waals surface area contributed by atoms with Gasteiger partial charge in [0.05, 0.1) is 22.3 Å². The van der Waals surface area contributed by atoms with Crippen LogP contribution in [0.1, 0.15) is 6.42 Å². The van der Waals surface area contributed by atoms with E-state index < -0.39 is 0 Å². The van der Waals surface area contributed by atoms with Gasteiger partial charge in [-0.05, 0) is 30.3 Å². The number of anilines is 2. The molecule has 3 rings (SSSR count). The number of ether oxygens (including phenoxy) is 1. The van der Waals surface area contributed by atoms with Gasteiger partial charge in [0.1, 0.15) is 11.9 Å². The van der Waals surface area contributed by atoms with E-state index in [4.69, 9.17) is 33.7 Å². The van der Waals surface area contributed by atoms with Crippen LogP contribution in [-0.2, 0) is 0 Å². The van der Waals surface area contributed by atoms with Crippen LogP contribution < -0.4 is 15.4 Å². The van der Waals surface area contributed by atoms with E-state index in [1.165, 1.54) is 0 Å². The average molecular weight is 323 g/mol. The standard InChI is InChI=1S/C16H16Cl2N2O/c17-13-3-1-2-4-15(13)20-8-7-12(10-20)21-16-6-5-11(19)9-14(16)18/h1-6,9,12H,7-8,10,19H2/t12-/m0/s1. The molecule has 0 bridgehead atoms. The zero-order valence-corrected chi connectivity index (χ0v) is 12.9. The van der Waals surface area contributed by atoms with Gasteiger partial charge in [0.25, 0.3) is 0 Å². The Morgan fingerprint density at radius 3 is 2.67 bits per heavy atom. The summed E-state index contributed by atoms with van der Waals surface area (Å²) in [6.07, 6.45) is 1.04. The van der Waals surface area contributed by atoms with Crippen molar-refractivity contribution in [2.45, 2.75) is 12.5 Å². The summed E-state index contributed by atoms with van der Waals surface area (Å²) in [5.74, 6) is 0.678. The second-order valence-corrected chi connectivity index (χ2v) is 5.93. The van der Waals surface area contributed by atoms with Crippen molar-refractivity contribution in [3.05, 3.63) is 52.5 Å². The molecule has 0 aromatic heterocycles. The fourth-order valence-corrected chi connectivity index (χ4v) is 3.03. The lowest BCUT2D eigenvalue weighted by atomic mass is 10.3. The molecule has 1 fully saturated rings. The minimum Gasteiger partial charge on any atom is -0.487 e. The zero-order chi connectivity index (χ0) is 14.8. The molecule has 0 unspecified atom stereocenters. The molecule has 2 aromatic rings. The summed E-state index contributed by atoms with van der Waals surface area (Å²) in [5, 5.41) is 1.31. The summed E-state index contributed by atoms with van der Waals surface area (Å²) in [7, 11) is 0. The Kier molecular flexibility index (Phi) is 4.13.